The van der Waals surface area contributed by atoms with Crippen molar-refractivity contribution in [2.45, 2.75) is 37.6 Å². The van der Waals surface area contributed by atoms with Gasteiger partial charge in [-0.2, -0.15) is 0 Å². The zero-order chi connectivity index (χ0) is 8.84. The second kappa shape index (κ2) is 2.58. The van der Waals surface area contributed by atoms with E-state index >= 15 is 0 Å². The molecule has 0 amide bonds. The van der Waals surface area contributed by atoms with Gasteiger partial charge in [-0.1, -0.05) is 18.2 Å². The van der Waals surface area contributed by atoms with Crippen LogP contribution in [0.2, 0.25) is 0 Å². The van der Waals surface area contributed by atoms with Crippen molar-refractivity contribution in [1.29, 1.82) is 0 Å². The van der Waals surface area contributed by atoms with Crippen LogP contribution in [0.4, 0.5) is 0 Å². The van der Waals surface area contributed by atoms with E-state index in [2.05, 4.69) is 18.2 Å². The molecule has 1 fully saturated rings. The quantitative estimate of drug-likeness (QED) is 0.690. The van der Waals surface area contributed by atoms with Crippen molar-refractivity contribution in [3.8, 4) is 0 Å². The number of hydrogen-bond donors (Lipinski definition) is 1. The van der Waals surface area contributed by atoms with Crippen molar-refractivity contribution >= 4 is 0 Å². The van der Waals surface area contributed by atoms with Crippen LogP contribution in [0.5, 0.6) is 0 Å². The summed E-state index contributed by atoms with van der Waals surface area (Å²) in [5, 5.41) is 0. The fourth-order valence-corrected chi connectivity index (χ4v) is 2.57. The molecule has 2 aliphatic carbocycles. The van der Waals surface area contributed by atoms with Crippen molar-refractivity contribution in [3.05, 3.63) is 34.9 Å². The molecule has 3 rings (SSSR count). The van der Waals surface area contributed by atoms with Gasteiger partial charge in [-0.25, -0.2) is 0 Å². The molecule has 0 spiro atoms. The van der Waals surface area contributed by atoms with Gasteiger partial charge in [0, 0.05) is 12.0 Å². The zero-order valence-electron chi connectivity index (χ0n) is 7.79. The van der Waals surface area contributed by atoms with Crippen molar-refractivity contribution < 1.29 is 0 Å². The first-order valence-electron chi connectivity index (χ1n) is 5.22. The summed E-state index contributed by atoms with van der Waals surface area (Å²) in [6, 6.07) is 7.21. The Morgan fingerprint density at radius 3 is 2.85 bits per heavy atom. The van der Waals surface area contributed by atoms with Crippen molar-refractivity contribution in [3.63, 3.8) is 0 Å². The summed E-state index contributed by atoms with van der Waals surface area (Å²) in [6.07, 6.45) is 5.12. The minimum absolute atomic E-state index is 0.451. The lowest BCUT2D eigenvalue weighted by Crippen LogP contribution is -2.02. The molecular formula is C12H15N. The smallest absolute Gasteiger partial charge is 0.0115 e. The number of hydrogen-bond acceptors (Lipinski definition) is 1. The highest BCUT2D eigenvalue weighted by molar-refractivity contribution is 5.43. The Morgan fingerprint density at radius 1 is 1.23 bits per heavy atom. The van der Waals surface area contributed by atoms with Gasteiger partial charge in [0.05, 0.1) is 0 Å². The molecule has 68 valence electrons. The van der Waals surface area contributed by atoms with Gasteiger partial charge in [-0.05, 0) is 42.4 Å². The zero-order valence-corrected chi connectivity index (χ0v) is 7.79. The monoisotopic (exact) mass is 173 g/mol. The average Bonchev–Trinajstić information content (AvgIpc) is 2.66. The van der Waals surface area contributed by atoms with Crippen LogP contribution in [0.25, 0.3) is 0 Å². The predicted molar refractivity (Wildman–Crippen MR) is 53.8 cm³/mol. The summed E-state index contributed by atoms with van der Waals surface area (Å²) >= 11 is 0. The van der Waals surface area contributed by atoms with E-state index in [0.717, 1.165) is 0 Å². The van der Waals surface area contributed by atoms with Crippen LogP contribution >= 0.6 is 0 Å². The molecule has 0 unspecified atom stereocenters. The first-order valence-corrected chi connectivity index (χ1v) is 5.22. The van der Waals surface area contributed by atoms with Gasteiger partial charge in [0.1, 0.15) is 0 Å². The third kappa shape index (κ3) is 1.11. The fraction of sp³-hybridized carbons (Fsp3) is 0.500. The lowest BCUT2D eigenvalue weighted by atomic mass is 10.00. The lowest BCUT2D eigenvalue weighted by Gasteiger charge is -2.06. The van der Waals surface area contributed by atoms with Crippen molar-refractivity contribution in [2.75, 3.05) is 0 Å². The largest absolute Gasteiger partial charge is 0.327 e. The van der Waals surface area contributed by atoms with Gasteiger partial charge in [0.15, 0.2) is 0 Å². The van der Waals surface area contributed by atoms with E-state index in [1.807, 2.05) is 0 Å². The maximum atomic E-state index is 5.89. The van der Waals surface area contributed by atoms with Gasteiger partial charge in [0.2, 0.25) is 0 Å². The normalized spacial score (nSPS) is 30.2. The minimum Gasteiger partial charge on any atom is -0.327 e. The van der Waals surface area contributed by atoms with Gasteiger partial charge >= 0.3 is 0 Å². The molecule has 13 heavy (non-hydrogen) atoms. The van der Waals surface area contributed by atoms with Gasteiger partial charge in [-0.3, -0.25) is 0 Å². The van der Waals surface area contributed by atoms with E-state index in [1.165, 1.54) is 25.7 Å². The fourth-order valence-electron chi connectivity index (χ4n) is 2.57. The number of nitrogens with two attached hydrogens (primary N) is 1. The van der Waals surface area contributed by atoms with Crippen LogP contribution in [0.15, 0.2) is 18.2 Å². The highest BCUT2D eigenvalue weighted by Crippen LogP contribution is 2.42. The Morgan fingerprint density at radius 2 is 2.08 bits per heavy atom. The first kappa shape index (κ1) is 7.57. The summed E-state index contributed by atoms with van der Waals surface area (Å²) in [5.74, 6) is 0.688. The van der Waals surface area contributed by atoms with Crippen LogP contribution in [0.1, 0.15) is 35.4 Å². The van der Waals surface area contributed by atoms with E-state index < -0.39 is 0 Å². The molecule has 2 N–H and O–H groups in total. The van der Waals surface area contributed by atoms with Crippen LogP contribution < -0.4 is 5.73 Å². The molecule has 0 saturated heterocycles. The van der Waals surface area contributed by atoms with Gasteiger partial charge in [-0.15, -0.1) is 0 Å². The van der Waals surface area contributed by atoms with Crippen molar-refractivity contribution in [2.24, 2.45) is 5.73 Å². The SMILES string of the molecule is N[C@@H]1C[C@H]1c1cccc2c1CCC2. The molecule has 0 heterocycles. The van der Waals surface area contributed by atoms with E-state index in [1.54, 1.807) is 16.7 Å². The number of aryl methyl sites for hydroxylation is 1. The lowest BCUT2D eigenvalue weighted by molar-refractivity contribution is 0.899. The average molecular weight is 173 g/mol. The Balaban J connectivity index is 2.05. The van der Waals surface area contributed by atoms with E-state index in [-0.39, 0.29) is 0 Å². The van der Waals surface area contributed by atoms with Crippen molar-refractivity contribution in [1.82, 2.24) is 0 Å². The maximum absolute atomic E-state index is 5.89. The Kier molecular flexibility index (Phi) is 1.50. The molecule has 0 bridgehead atoms. The highest BCUT2D eigenvalue weighted by Gasteiger charge is 2.36. The van der Waals surface area contributed by atoms with Crippen LogP contribution in [-0.4, -0.2) is 6.04 Å². The summed E-state index contributed by atoms with van der Waals surface area (Å²) in [7, 11) is 0. The molecule has 1 heteroatoms. The molecular weight excluding hydrogens is 158 g/mol. The molecule has 1 aromatic rings. The van der Waals surface area contributed by atoms with E-state index in [0.29, 0.717) is 12.0 Å². The molecule has 0 radical (unpaired) electrons. The molecule has 1 nitrogen and oxygen atoms in total. The van der Waals surface area contributed by atoms with E-state index in [4.69, 9.17) is 5.73 Å². The summed E-state index contributed by atoms with van der Waals surface area (Å²) in [5.41, 5.74) is 10.7. The number of benzene rings is 1. The number of rotatable bonds is 1. The summed E-state index contributed by atoms with van der Waals surface area (Å²) in [4.78, 5) is 0. The predicted octanol–water partition coefficient (Wildman–Crippen LogP) is 1.99. The molecule has 0 aromatic heterocycles. The molecule has 1 aromatic carbocycles. The second-order valence-electron chi connectivity index (χ2n) is 4.34. The molecule has 1 saturated carbocycles. The number of fused-ring (bicyclic) bond motifs is 1. The van der Waals surface area contributed by atoms with Crippen LogP contribution in [-0.2, 0) is 12.8 Å². The summed E-state index contributed by atoms with van der Waals surface area (Å²) in [6.45, 7) is 0. The molecule has 0 aliphatic heterocycles. The highest BCUT2D eigenvalue weighted by atomic mass is 14.7. The first-order chi connectivity index (χ1) is 6.36. The second-order valence-corrected chi connectivity index (χ2v) is 4.34. The van der Waals surface area contributed by atoms with E-state index in [9.17, 15) is 0 Å². The van der Waals surface area contributed by atoms with Crippen LogP contribution in [0.3, 0.4) is 0 Å². The topological polar surface area (TPSA) is 26.0 Å². The molecule has 2 atom stereocenters. The Labute approximate surface area is 78.9 Å². The third-order valence-corrected chi connectivity index (χ3v) is 3.42. The summed E-state index contributed by atoms with van der Waals surface area (Å²) < 4.78 is 0. The molecule has 2 aliphatic rings. The minimum atomic E-state index is 0.451. The van der Waals surface area contributed by atoms with Gasteiger partial charge in [0.25, 0.3) is 0 Å². The van der Waals surface area contributed by atoms with Crippen LogP contribution in [0, 0.1) is 0 Å². The Bertz CT molecular complexity index is 343. The standard InChI is InChI=1S/C12H15N/c13-12-7-11(12)10-6-2-4-8-3-1-5-9(8)10/h2,4,6,11-12H,1,3,5,7,13H2/t11-,12+/m0/s1. The maximum Gasteiger partial charge on any atom is 0.0115 e. The third-order valence-electron chi connectivity index (χ3n) is 3.42. The Hall–Kier alpha value is -0.820. The van der Waals surface area contributed by atoms with Gasteiger partial charge < -0.3 is 5.73 Å².